The smallest absolute Gasteiger partial charge is 0.339 e. The summed E-state index contributed by atoms with van der Waals surface area (Å²) in [6, 6.07) is 13.4. The Kier molecular flexibility index (Phi) is 6.69. The molecule has 8 nitrogen and oxygen atoms in total. The molecule has 0 saturated heterocycles. The van der Waals surface area contributed by atoms with Gasteiger partial charge < -0.3 is 24.1 Å². The van der Waals surface area contributed by atoms with Crippen molar-refractivity contribution in [2.24, 2.45) is 0 Å². The first-order valence-corrected chi connectivity index (χ1v) is 9.42. The second-order valence-corrected chi connectivity index (χ2v) is 6.10. The van der Waals surface area contributed by atoms with Gasteiger partial charge in [0.15, 0.2) is 23.0 Å². The minimum Gasteiger partial charge on any atom is -0.490 e. The van der Waals surface area contributed by atoms with Gasteiger partial charge >= 0.3 is 5.97 Å². The van der Waals surface area contributed by atoms with Gasteiger partial charge in [0.2, 0.25) is 0 Å². The van der Waals surface area contributed by atoms with Crippen LogP contribution in [0.25, 0.3) is 11.3 Å². The zero-order chi connectivity index (χ0) is 21.5. The first kappa shape index (κ1) is 20.9. The molecule has 0 bridgehead atoms. The quantitative estimate of drug-likeness (QED) is 0.556. The lowest BCUT2D eigenvalue weighted by molar-refractivity contribution is 0.0602. The van der Waals surface area contributed by atoms with Gasteiger partial charge in [-0.15, -0.1) is 0 Å². The monoisotopic (exact) mass is 410 g/mol. The summed E-state index contributed by atoms with van der Waals surface area (Å²) in [5.74, 6) is 0.526. The highest BCUT2D eigenvalue weighted by Crippen LogP contribution is 2.33. The van der Waals surface area contributed by atoms with E-state index in [1.165, 1.54) is 13.2 Å². The molecular formula is C22H22N2O6. The van der Waals surface area contributed by atoms with Crippen molar-refractivity contribution in [1.29, 1.82) is 0 Å². The van der Waals surface area contributed by atoms with Gasteiger partial charge in [-0.1, -0.05) is 17.3 Å². The number of ether oxygens (including phenoxy) is 3. The van der Waals surface area contributed by atoms with Crippen LogP contribution >= 0.6 is 0 Å². The molecule has 3 aromatic rings. The summed E-state index contributed by atoms with van der Waals surface area (Å²) in [4.78, 5) is 24.5. The van der Waals surface area contributed by atoms with Crippen molar-refractivity contribution < 1.29 is 28.3 Å². The van der Waals surface area contributed by atoms with Gasteiger partial charge in [-0.3, -0.25) is 4.79 Å². The molecule has 0 radical (unpaired) electrons. The fourth-order valence-corrected chi connectivity index (χ4v) is 2.79. The molecule has 1 heterocycles. The Bertz CT molecular complexity index is 1040. The number of benzene rings is 2. The normalized spacial score (nSPS) is 10.4. The van der Waals surface area contributed by atoms with E-state index in [0.717, 1.165) is 0 Å². The van der Waals surface area contributed by atoms with Gasteiger partial charge in [0.1, 0.15) is 0 Å². The molecule has 2 aromatic carbocycles. The van der Waals surface area contributed by atoms with Gasteiger partial charge in [-0.2, -0.15) is 0 Å². The second kappa shape index (κ2) is 9.60. The highest BCUT2D eigenvalue weighted by molar-refractivity contribution is 6.07. The van der Waals surface area contributed by atoms with Crippen molar-refractivity contribution in [2.75, 3.05) is 25.6 Å². The average molecular weight is 410 g/mol. The lowest BCUT2D eigenvalue weighted by Crippen LogP contribution is -2.15. The molecular weight excluding hydrogens is 388 g/mol. The Morgan fingerprint density at radius 2 is 1.73 bits per heavy atom. The van der Waals surface area contributed by atoms with E-state index >= 15 is 0 Å². The maximum atomic E-state index is 12.6. The molecule has 0 unspecified atom stereocenters. The molecule has 1 amide bonds. The van der Waals surface area contributed by atoms with Crippen LogP contribution in [-0.4, -0.2) is 37.4 Å². The maximum absolute atomic E-state index is 12.6. The molecule has 0 atom stereocenters. The predicted octanol–water partition coefficient (Wildman–Crippen LogP) is 4.18. The molecule has 3 rings (SSSR count). The van der Waals surface area contributed by atoms with Crippen LogP contribution in [0.15, 0.2) is 53.1 Å². The molecule has 0 fully saturated rings. The van der Waals surface area contributed by atoms with Crippen molar-refractivity contribution in [3.8, 4) is 22.8 Å². The number of hydrogen-bond acceptors (Lipinski definition) is 7. The molecule has 8 heteroatoms. The number of nitrogens with zero attached hydrogens (tertiary/aromatic N) is 1. The third-order valence-electron chi connectivity index (χ3n) is 4.15. The Morgan fingerprint density at radius 3 is 2.47 bits per heavy atom. The predicted molar refractivity (Wildman–Crippen MR) is 110 cm³/mol. The van der Waals surface area contributed by atoms with Crippen LogP contribution in [0.1, 0.15) is 34.7 Å². The average Bonchev–Trinajstić information content (AvgIpc) is 3.25. The van der Waals surface area contributed by atoms with Gasteiger partial charge in [0.05, 0.1) is 31.6 Å². The van der Waals surface area contributed by atoms with Gasteiger partial charge in [-0.05, 0) is 44.2 Å². The van der Waals surface area contributed by atoms with E-state index in [0.29, 0.717) is 41.7 Å². The molecule has 0 aliphatic heterocycles. The first-order chi connectivity index (χ1) is 14.6. The van der Waals surface area contributed by atoms with Crippen LogP contribution in [0.2, 0.25) is 0 Å². The van der Waals surface area contributed by atoms with Crippen LogP contribution in [0.3, 0.4) is 0 Å². The molecule has 0 spiro atoms. The number of anilines is 1. The van der Waals surface area contributed by atoms with E-state index in [4.69, 9.17) is 18.7 Å². The summed E-state index contributed by atoms with van der Waals surface area (Å²) >= 11 is 0. The van der Waals surface area contributed by atoms with E-state index < -0.39 is 11.9 Å². The second-order valence-electron chi connectivity index (χ2n) is 6.10. The molecule has 0 aliphatic carbocycles. The molecule has 1 aromatic heterocycles. The summed E-state index contributed by atoms with van der Waals surface area (Å²) in [6.07, 6.45) is 0. The molecule has 156 valence electrons. The molecule has 0 saturated carbocycles. The lowest BCUT2D eigenvalue weighted by Gasteiger charge is -2.11. The summed E-state index contributed by atoms with van der Waals surface area (Å²) in [6.45, 7) is 4.76. The molecule has 1 N–H and O–H groups in total. The largest absolute Gasteiger partial charge is 0.490 e. The lowest BCUT2D eigenvalue weighted by atomic mass is 10.1. The van der Waals surface area contributed by atoms with Gasteiger partial charge in [0, 0.05) is 11.6 Å². The van der Waals surface area contributed by atoms with Gasteiger partial charge in [0.25, 0.3) is 5.91 Å². The fraction of sp³-hybridized carbons (Fsp3) is 0.227. The van der Waals surface area contributed by atoms with Crippen molar-refractivity contribution in [1.82, 2.24) is 5.16 Å². The number of esters is 1. The third-order valence-corrected chi connectivity index (χ3v) is 4.15. The SMILES string of the molecule is CCOc1ccc(-c2cc(C(=O)Nc3ccccc3C(=O)OC)no2)cc1OCC. The van der Waals surface area contributed by atoms with Crippen LogP contribution in [0.4, 0.5) is 5.69 Å². The number of methoxy groups -OCH3 is 1. The van der Waals surface area contributed by atoms with E-state index in [-0.39, 0.29) is 11.3 Å². The Morgan fingerprint density at radius 1 is 1.00 bits per heavy atom. The number of para-hydroxylation sites is 1. The summed E-state index contributed by atoms with van der Waals surface area (Å²) in [5.41, 5.74) is 1.31. The first-order valence-electron chi connectivity index (χ1n) is 9.42. The highest BCUT2D eigenvalue weighted by Gasteiger charge is 2.18. The number of nitrogens with one attached hydrogen (secondary N) is 1. The summed E-state index contributed by atoms with van der Waals surface area (Å²) in [7, 11) is 1.28. The van der Waals surface area contributed by atoms with Gasteiger partial charge in [-0.25, -0.2) is 4.79 Å². The number of amides is 1. The van der Waals surface area contributed by atoms with E-state index in [1.807, 2.05) is 13.8 Å². The van der Waals surface area contributed by atoms with E-state index in [2.05, 4.69) is 10.5 Å². The Hall–Kier alpha value is -3.81. The van der Waals surface area contributed by atoms with Crippen LogP contribution < -0.4 is 14.8 Å². The van der Waals surface area contributed by atoms with Crippen LogP contribution in [0.5, 0.6) is 11.5 Å². The van der Waals surface area contributed by atoms with Crippen LogP contribution in [0, 0.1) is 0 Å². The topological polar surface area (TPSA) is 99.9 Å². The standard InChI is InChI=1S/C22H22N2O6/c1-4-28-18-11-10-14(12-20(18)29-5-2)19-13-17(24-30-19)21(25)23-16-9-7-6-8-15(16)22(26)27-3/h6-13H,4-5H2,1-3H3,(H,23,25). The fourth-order valence-electron chi connectivity index (χ4n) is 2.79. The zero-order valence-corrected chi connectivity index (χ0v) is 16.9. The number of carbonyl (C=O) groups excluding carboxylic acids is 2. The Balaban J connectivity index is 1.82. The minimum absolute atomic E-state index is 0.0662. The number of aromatic nitrogens is 1. The summed E-state index contributed by atoms with van der Waals surface area (Å²) < 4.78 is 21.3. The minimum atomic E-state index is -0.551. The van der Waals surface area contributed by atoms with E-state index in [9.17, 15) is 9.59 Å². The molecule has 30 heavy (non-hydrogen) atoms. The number of carbonyl (C=O) groups is 2. The third kappa shape index (κ3) is 4.60. The van der Waals surface area contributed by atoms with E-state index in [1.54, 1.807) is 42.5 Å². The van der Waals surface area contributed by atoms with Crippen molar-refractivity contribution in [2.45, 2.75) is 13.8 Å². The summed E-state index contributed by atoms with van der Waals surface area (Å²) in [5, 5.41) is 6.50. The van der Waals surface area contributed by atoms with Crippen molar-refractivity contribution >= 4 is 17.6 Å². The van der Waals surface area contributed by atoms with Crippen molar-refractivity contribution in [3.05, 3.63) is 59.8 Å². The van der Waals surface area contributed by atoms with Crippen molar-refractivity contribution in [3.63, 3.8) is 0 Å². The maximum Gasteiger partial charge on any atom is 0.339 e. The van der Waals surface area contributed by atoms with Crippen LogP contribution in [-0.2, 0) is 4.74 Å². The molecule has 0 aliphatic rings. The number of rotatable bonds is 8. The number of hydrogen-bond donors (Lipinski definition) is 1. The Labute approximate surface area is 173 Å². The highest BCUT2D eigenvalue weighted by atomic mass is 16.5. The zero-order valence-electron chi connectivity index (χ0n) is 16.9.